The zero-order valence-electron chi connectivity index (χ0n) is 16.0. The minimum absolute atomic E-state index is 0.729. The number of nitrogens with zero attached hydrogens (tertiary/aromatic N) is 4. The molecular formula is C23H21ClN4O. The molecule has 0 atom stereocenters. The van der Waals surface area contributed by atoms with Gasteiger partial charge in [0.15, 0.2) is 0 Å². The maximum Gasteiger partial charge on any atom is 0.137 e. The first-order valence-corrected chi connectivity index (χ1v) is 10.1. The molecule has 1 aromatic carbocycles. The van der Waals surface area contributed by atoms with Gasteiger partial charge in [-0.25, -0.2) is 4.98 Å². The quantitative estimate of drug-likeness (QED) is 0.500. The van der Waals surface area contributed by atoms with Crippen LogP contribution in [0.3, 0.4) is 0 Å². The van der Waals surface area contributed by atoms with Crippen LogP contribution in [0.5, 0.6) is 0 Å². The van der Waals surface area contributed by atoms with Gasteiger partial charge in [0.05, 0.1) is 24.6 Å². The minimum Gasteiger partial charge on any atom is -0.379 e. The molecule has 1 aliphatic rings. The number of hydrogen-bond acceptors (Lipinski definition) is 4. The lowest BCUT2D eigenvalue weighted by molar-refractivity contribution is 0.0336. The Hall–Kier alpha value is -2.73. The van der Waals surface area contributed by atoms with Crippen molar-refractivity contribution in [2.24, 2.45) is 0 Å². The molecule has 0 saturated carbocycles. The van der Waals surface area contributed by atoms with Gasteiger partial charge in [0.2, 0.25) is 0 Å². The molecule has 1 saturated heterocycles. The Labute approximate surface area is 174 Å². The van der Waals surface area contributed by atoms with Crippen molar-refractivity contribution in [2.45, 2.75) is 6.54 Å². The maximum absolute atomic E-state index is 6.11. The van der Waals surface area contributed by atoms with Crippen LogP contribution in [-0.4, -0.2) is 45.6 Å². The first-order chi connectivity index (χ1) is 14.3. The molecule has 6 heteroatoms. The van der Waals surface area contributed by atoms with Gasteiger partial charge in [-0.3, -0.25) is 9.88 Å². The highest BCUT2D eigenvalue weighted by Gasteiger charge is 2.19. The van der Waals surface area contributed by atoms with Crippen molar-refractivity contribution in [3.05, 3.63) is 77.8 Å². The number of benzene rings is 1. The van der Waals surface area contributed by atoms with E-state index in [1.807, 2.05) is 48.8 Å². The fourth-order valence-corrected chi connectivity index (χ4v) is 3.90. The Bertz CT molecular complexity index is 1120. The Morgan fingerprint density at radius 2 is 1.59 bits per heavy atom. The van der Waals surface area contributed by atoms with Crippen molar-refractivity contribution < 1.29 is 4.74 Å². The number of rotatable bonds is 4. The smallest absolute Gasteiger partial charge is 0.137 e. The molecule has 5 nitrogen and oxygen atoms in total. The van der Waals surface area contributed by atoms with Gasteiger partial charge >= 0.3 is 0 Å². The summed E-state index contributed by atoms with van der Waals surface area (Å²) >= 11 is 6.11. The average Bonchev–Trinajstić information content (AvgIpc) is 3.13. The average molecular weight is 405 g/mol. The molecule has 146 valence electrons. The van der Waals surface area contributed by atoms with Gasteiger partial charge in [-0.1, -0.05) is 23.7 Å². The zero-order chi connectivity index (χ0) is 19.6. The molecule has 0 radical (unpaired) electrons. The van der Waals surface area contributed by atoms with E-state index >= 15 is 0 Å². The third-order valence-corrected chi connectivity index (χ3v) is 5.58. The molecule has 29 heavy (non-hydrogen) atoms. The van der Waals surface area contributed by atoms with Gasteiger partial charge in [-0.05, 0) is 47.5 Å². The summed E-state index contributed by atoms with van der Waals surface area (Å²) < 4.78 is 7.74. The van der Waals surface area contributed by atoms with Gasteiger partial charge in [-0.2, -0.15) is 0 Å². The molecule has 0 aliphatic carbocycles. The number of imidazole rings is 1. The summed E-state index contributed by atoms with van der Waals surface area (Å²) in [4.78, 5) is 11.5. The monoisotopic (exact) mass is 404 g/mol. The first kappa shape index (κ1) is 18.3. The van der Waals surface area contributed by atoms with Crippen molar-refractivity contribution in [1.29, 1.82) is 0 Å². The molecule has 5 rings (SSSR count). The van der Waals surface area contributed by atoms with E-state index in [-0.39, 0.29) is 0 Å². The standard InChI is InChI=1S/C23H21ClN4O/c24-20-4-1-18(2-5-20)23-21(16-27-11-13-29-14-12-27)28-15-19(3-6-22(28)26-23)17-7-9-25-10-8-17/h1-10,15H,11-14,16H2. The van der Waals surface area contributed by atoms with Crippen molar-refractivity contribution in [3.8, 4) is 22.4 Å². The third kappa shape index (κ3) is 3.77. The second kappa shape index (κ2) is 7.95. The van der Waals surface area contributed by atoms with E-state index in [4.69, 9.17) is 21.3 Å². The largest absolute Gasteiger partial charge is 0.379 e. The molecule has 0 spiro atoms. The maximum atomic E-state index is 6.11. The van der Waals surface area contributed by atoms with Crippen molar-refractivity contribution in [3.63, 3.8) is 0 Å². The van der Waals surface area contributed by atoms with Crippen LogP contribution in [0.1, 0.15) is 5.69 Å². The molecule has 3 aromatic heterocycles. The molecular weight excluding hydrogens is 384 g/mol. The first-order valence-electron chi connectivity index (χ1n) is 9.75. The number of pyridine rings is 2. The summed E-state index contributed by atoms with van der Waals surface area (Å²) in [6.45, 7) is 4.22. The van der Waals surface area contributed by atoms with E-state index in [2.05, 4.69) is 32.6 Å². The lowest BCUT2D eigenvalue weighted by Gasteiger charge is -2.26. The van der Waals surface area contributed by atoms with Crippen LogP contribution in [0.4, 0.5) is 0 Å². The number of halogens is 1. The predicted molar refractivity (Wildman–Crippen MR) is 115 cm³/mol. The third-order valence-electron chi connectivity index (χ3n) is 5.33. The number of fused-ring (bicyclic) bond motifs is 1. The number of hydrogen-bond donors (Lipinski definition) is 0. The molecule has 0 bridgehead atoms. The van der Waals surface area contributed by atoms with Crippen LogP contribution in [0.15, 0.2) is 67.1 Å². The summed E-state index contributed by atoms with van der Waals surface area (Å²) in [5.74, 6) is 0. The van der Waals surface area contributed by atoms with Crippen molar-refractivity contribution >= 4 is 17.2 Å². The Morgan fingerprint density at radius 1 is 0.862 bits per heavy atom. The summed E-state index contributed by atoms with van der Waals surface area (Å²) in [5, 5.41) is 0.729. The molecule has 4 heterocycles. The van der Waals surface area contributed by atoms with Gasteiger partial charge in [0.25, 0.3) is 0 Å². The highest BCUT2D eigenvalue weighted by Crippen LogP contribution is 2.29. The predicted octanol–water partition coefficient (Wildman–Crippen LogP) is 4.55. The summed E-state index contributed by atoms with van der Waals surface area (Å²) in [5.41, 5.74) is 6.48. The molecule has 0 N–H and O–H groups in total. The Morgan fingerprint density at radius 3 is 2.34 bits per heavy atom. The van der Waals surface area contributed by atoms with E-state index in [9.17, 15) is 0 Å². The second-order valence-corrected chi connectivity index (χ2v) is 7.62. The molecule has 0 unspecified atom stereocenters. The lowest BCUT2D eigenvalue weighted by Crippen LogP contribution is -2.36. The van der Waals surface area contributed by atoms with Crippen LogP contribution >= 0.6 is 11.6 Å². The fourth-order valence-electron chi connectivity index (χ4n) is 3.77. The molecule has 4 aromatic rings. The SMILES string of the molecule is Clc1ccc(-c2nc3ccc(-c4ccncc4)cn3c2CN2CCOCC2)cc1. The normalized spacial score (nSPS) is 15.1. The van der Waals surface area contributed by atoms with Crippen LogP contribution in [-0.2, 0) is 11.3 Å². The van der Waals surface area contributed by atoms with E-state index < -0.39 is 0 Å². The lowest BCUT2D eigenvalue weighted by atomic mass is 10.1. The number of aromatic nitrogens is 3. The topological polar surface area (TPSA) is 42.7 Å². The van der Waals surface area contributed by atoms with Gasteiger partial charge in [-0.15, -0.1) is 0 Å². The second-order valence-electron chi connectivity index (χ2n) is 7.18. The van der Waals surface area contributed by atoms with E-state index in [1.54, 1.807) is 0 Å². The van der Waals surface area contributed by atoms with Crippen molar-refractivity contribution in [2.75, 3.05) is 26.3 Å². The fraction of sp³-hybridized carbons (Fsp3) is 0.217. The summed E-state index contributed by atoms with van der Waals surface area (Å²) in [7, 11) is 0. The summed E-state index contributed by atoms with van der Waals surface area (Å²) in [6.07, 6.45) is 5.81. The van der Waals surface area contributed by atoms with Crippen LogP contribution < -0.4 is 0 Å². The number of morpholine rings is 1. The van der Waals surface area contributed by atoms with Gasteiger partial charge < -0.3 is 9.14 Å². The Kier molecular flexibility index (Phi) is 5.02. The van der Waals surface area contributed by atoms with E-state index in [0.29, 0.717) is 0 Å². The van der Waals surface area contributed by atoms with E-state index in [1.165, 1.54) is 5.69 Å². The highest BCUT2D eigenvalue weighted by atomic mass is 35.5. The minimum atomic E-state index is 0.729. The summed E-state index contributed by atoms with van der Waals surface area (Å²) in [6, 6.07) is 16.2. The van der Waals surface area contributed by atoms with Crippen LogP contribution in [0, 0.1) is 0 Å². The molecule has 1 fully saturated rings. The van der Waals surface area contributed by atoms with Crippen molar-refractivity contribution in [1.82, 2.24) is 19.3 Å². The van der Waals surface area contributed by atoms with E-state index in [0.717, 1.165) is 65.9 Å². The van der Waals surface area contributed by atoms with Gasteiger partial charge in [0, 0.05) is 48.8 Å². The van der Waals surface area contributed by atoms with Gasteiger partial charge in [0.1, 0.15) is 5.65 Å². The van der Waals surface area contributed by atoms with Crippen LogP contribution in [0.25, 0.3) is 28.0 Å². The highest BCUT2D eigenvalue weighted by molar-refractivity contribution is 6.30. The Balaban J connectivity index is 1.64. The molecule has 0 amide bonds. The molecule has 1 aliphatic heterocycles. The number of ether oxygens (including phenoxy) is 1. The zero-order valence-corrected chi connectivity index (χ0v) is 16.7. The van der Waals surface area contributed by atoms with Crippen LogP contribution in [0.2, 0.25) is 5.02 Å².